The Morgan fingerprint density at radius 1 is 1.42 bits per heavy atom. The third-order valence-corrected chi connectivity index (χ3v) is 3.16. The fourth-order valence-corrected chi connectivity index (χ4v) is 1.92. The molecule has 1 aliphatic carbocycles. The standard InChI is InChI=1S/C15H20N2O2/c1-19-11-10-17(14-7-8-14)15(18)9-4-12-2-5-13(16)6-3-12/h2-6,9,14H,7-8,10-11,16H2,1H3/b9-4+. The zero-order valence-corrected chi connectivity index (χ0v) is 11.2. The average Bonchev–Trinajstić information content (AvgIpc) is 3.23. The van der Waals surface area contributed by atoms with E-state index in [9.17, 15) is 4.79 Å². The van der Waals surface area contributed by atoms with Gasteiger partial charge in [-0.1, -0.05) is 12.1 Å². The summed E-state index contributed by atoms with van der Waals surface area (Å²) in [6.07, 6.45) is 5.65. The highest BCUT2D eigenvalue weighted by atomic mass is 16.5. The van der Waals surface area contributed by atoms with Crippen molar-refractivity contribution in [3.8, 4) is 0 Å². The van der Waals surface area contributed by atoms with Crippen molar-refractivity contribution < 1.29 is 9.53 Å². The molecule has 4 nitrogen and oxygen atoms in total. The first kappa shape index (κ1) is 13.6. The molecule has 1 fully saturated rings. The minimum Gasteiger partial charge on any atom is -0.399 e. The molecule has 2 N–H and O–H groups in total. The first-order valence-electron chi connectivity index (χ1n) is 6.54. The summed E-state index contributed by atoms with van der Waals surface area (Å²) in [7, 11) is 1.65. The van der Waals surface area contributed by atoms with Crippen molar-refractivity contribution in [3.63, 3.8) is 0 Å². The Bertz CT molecular complexity index is 450. The van der Waals surface area contributed by atoms with Crippen LogP contribution in [0.15, 0.2) is 30.3 Å². The van der Waals surface area contributed by atoms with E-state index in [1.165, 1.54) is 0 Å². The van der Waals surface area contributed by atoms with E-state index < -0.39 is 0 Å². The molecule has 0 heterocycles. The molecule has 1 aliphatic rings. The number of anilines is 1. The Morgan fingerprint density at radius 3 is 2.68 bits per heavy atom. The van der Waals surface area contributed by atoms with Crippen LogP contribution in [0, 0.1) is 0 Å². The Morgan fingerprint density at radius 2 is 2.11 bits per heavy atom. The zero-order chi connectivity index (χ0) is 13.7. The van der Waals surface area contributed by atoms with Crippen molar-refractivity contribution in [2.45, 2.75) is 18.9 Å². The summed E-state index contributed by atoms with van der Waals surface area (Å²) < 4.78 is 5.04. The minimum atomic E-state index is 0.0522. The molecule has 0 unspecified atom stereocenters. The number of carbonyl (C=O) groups is 1. The third kappa shape index (κ3) is 4.10. The first-order valence-corrected chi connectivity index (χ1v) is 6.54. The molecule has 1 aromatic carbocycles. The van der Waals surface area contributed by atoms with Crippen molar-refractivity contribution in [2.24, 2.45) is 0 Å². The zero-order valence-electron chi connectivity index (χ0n) is 11.2. The summed E-state index contributed by atoms with van der Waals surface area (Å²) in [5.74, 6) is 0.0522. The number of amides is 1. The maximum atomic E-state index is 12.1. The van der Waals surface area contributed by atoms with E-state index in [1.54, 1.807) is 13.2 Å². The van der Waals surface area contributed by atoms with Crippen molar-refractivity contribution in [1.29, 1.82) is 0 Å². The van der Waals surface area contributed by atoms with Crippen molar-refractivity contribution in [3.05, 3.63) is 35.9 Å². The molecule has 1 amide bonds. The number of nitrogen functional groups attached to an aromatic ring is 1. The summed E-state index contributed by atoms with van der Waals surface area (Å²) in [5, 5.41) is 0. The van der Waals surface area contributed by atoms with Crippen LogP contribution >= 0.6 is 0 Å². The third-order valence-electron chi connectivity index (χ3n) is 3.16. The van der Waals surface area contributed by atoms with Crippen molar-refractivity contribution in [2.75, 3.05) is 26.0 Å². The second kappa shape index (κ2) is 6.38. The van der Waals surface area contributed by atoms with Gasteiger partial charge < -0.3 is 15.4 Å². The molecule has 102 valence electrons. The van der Waals surface area contributed by atoms with Crippen LogP contribution in [-0.4, -0.2) is 37.1 Å². The molecule has 0 atom stereocenters. The van der Waals surface area contributed by atoms with Gasteiger partial charge in [-0.25, -0.2) is 0 Å². The molecule has 4 heteroatoms. The predicted octanol–water partition coefficient (Wildman–Crippen LogP) is 1.92. The molecule has 19 heavy (non-hydrogen) atoms. The summed E-state index contributed by atoms with van der Waals surface area (Å²) in [6, 6.07) is 7.85. The monoisotopic (exact) mass is 260 g/mol. The van der Waals surface area contributed by atoms with Crippen LogP contribution in [0.2, 0.25) is 0 Å². The maximum absolute atomic E-state index is 12.1. The van der Waals surface area contributed by atoms with E-state index in [-0.39, 0.29) is 5.91 Å². The van der Waals surface area contributed by atoms with Crippen LogP contribution in [0.3, 0.4) is 0 Å². The van der Waals surface area contributed by atoms with Gasteiger partial charge in [-0.3, -0.25) is 4.79 Å². The fourth-order valence-electron chi connectivity index (χ4n) is 1.92. The number of rotatable bonds is 6. The number of nitrogens with two attached hydrogens (primary N) is 1. The Balaban J connectivity index is 1.95. The Labute approximate surface area is 113 Å². The van der Waals surface area contributed by atoms with E-state index in [0.717, 1.165) is 24.1 Å². The number of ether oxygens (including phenoxy) is 1. The van der Waals surface area contributed by atoms with Gasteiger partial charge in [0.25, 0.3) is 0 Å². The quantitative estimate of drug-likeness (QED) is 0.628. The molecule has 0 bridgehead atoms. The van der Waals surface area contributed by atoms with Crippen LogP contribution in [0.4, 0.5) is 5.69 Å². The van der Waals surface area contributed by atoms with Crippen LogP contribution in [0.1, 0.15) is 18.4 Å². The Kier molecular flexibility index (Phi) is 4.58. The van der Waals surface area contributed by atoms with E-state index in [0.29, 0.717) is 19.2 Å². The lowest BCUT2D eigenvalue weighted by molar-refractivity contribution is -0.127. The van der Waals surface area contributed by atoms with Crippen LogP contribution in [0.25, 0.3) is 6.08 Å². The molecule has 0 spiro atoms. The largest absolute Gasteiger partial charge is 0.399 e. The number of carbonyl (C=O) groups excluding carboxylic acids is 1. The van der Waals surface area contributed by atoms with Gasteiger partial charge in [-0.2, -0.15) is 0 Å². The molecule has 0 saturated heterocycles. The summed E-state index contributed by atoms with van der Waals surface area (Å²) in [4.78, 5) is 14.0. The number of hydrogen-bond acceptors (Lipinski definition) is 3. The fraction of sp³-hybridized carbons (Fsp3) is 0.400. The summed E-state index contributed by atoms with van der Waals surface area (Å²) in [6.45, 7) is 1.24. The normalized spacial score (nSPS) is 14.8. The molecule has 1 saturated carbocycles. The van der Waals surface area contributed by atoms with Gasteiger partial charge in [-0.15, -0.1) is 0 Å². The van der Waals surface area contributed by atoms with Crippen molar-refractivity contribution in [1.82, 2.24) is 4.90 Å². The van der Waals surface area contributed by atoms with Gasteiger partial charge in [-0.05, 0) is 36.6 Å². The van der Waals surface area contributed by atoms with Crippen LogP contribution in [-0.2, 0) is 9.53 Å². The van der Waals surface area contributed by atoms with E-state index in [2.05, 4.69) is 0 Å². The van der Waals surface area contributed by atoms with Gasteiger partial charge in [0.1, 0.15) is 0 Å². The van der Waals surface area contributed by atoms with E-state index in [4.69, 9.17) is 10.5 Å². The van der Waals surface area contributed by atoms with Gasteiger partial charge in [0.2, 0.25) is 5.91 Å². The number of hydrogen-bond donors (Lipinski definition) is 1. The average molecular weight is 260 g/mol. The van der Waals surface area contributed by atoms with Gasteiger partial charge in [0, 0.05) is 31.5 Å². The number of nitrogens with zero attached hydrogens (tertiary/aromatic N) is 1. The van der Waals surface area contributed by atoms with Crippen LogP contribution < -0.4 is 5.73 Å². The van der Waals surface area contributed by atoms with Gasteiger partial charge in [0.15, 0.2) is 0 Å². The number of methoxy groups -OCH3 is 1. The highest BCUT2D eigenvalue weighted by Gasteiger charge is 2.30. The van der Waals surface area contributed by atoms with Crippen molar-refractivity contribution >= 4 is 17.7 Å². The van der Waals surface area contributed by atoms with E-state index in [1.807, 2.05) is 35.2 Å². The first-order chi connectivity index (χ1) is 9.20. The Hall–Kier alpha value is -1.81. The van der Waals surface area contributed by atoms with Crippen LogP contribution in [0.5, 0.6) is 0 Å². The lowest BCUT2D eigenvalue weighted by Crippen LogP contribution is -2.34. The lowest BCUT2D eigenvalue weighted by atomic mass is 10.2. The molecule has 0 aromatic heterocycles. The SMILES string of the molecule is COCCN(C(=O)/C=C/c1ccc(N)cc1)C1CC1. The minimum absolute atomic E-state index is 0.0522. The van der Waals surface area contributed by atoms with E-state index >= 15 is 0 Å². The summed E-state index contributed by atoms with van der Waals surface area (Å²) in [5.41, 5.74) is 7.32. The smallest absolute Gasteiger partial charge is 0.246 e. The molecule has 1 aromatic rings. The topological polar surface area (TPSA) is 55.6 Å². The second-order valence-corrected chi connectivity index (χ2v) is 4.76. The summed E-state index contributed by atoms with van der Waals surface area (Å²) >= 11 is 0. The molecule has 0 radical (unpaired) electrons. The highest BCUT2D eigenvalue weighted by molar-refractivity contribution is 5.92. The second-order valence-electron chi connectivity index (χ2n) is 4.76. The van der Waals surface area contributed by atoms with Gasteiger partial charge in [0.05, 0.1) is 6.61 Å². The molecule has 0 aliphatic heterocycles. The van der Waals surface area contributed by atoms with Gasteiger partial charge >= 0.3 is 0 Å². The number of benzene rings is 1. The maximum Gasteiger partial charge on any atom is 0.246 e. The highest BCUT2D eigenvalue weighted by Crippen LogP contribution is 2.26. The predicted molar refractivity (Wildman–Crippen MR) is 76.5 cm³/mol. The lowest BCUT2D eigenvalue weighted by Gasteiger charge is -2.20. The molecular weight excluding hydrogens is 240 g/mol. The molecular formula is C15H20N2O2. The molecule has 2 rings (SSSR count).